The molecule has 0 saturated heterocycles. The molecule has 1 aliphatic carbocycles. The lowest BCUT2D eigenvalue weighted by Gasteiger charge is -2.20. The summed E-state index contributed by atoms with van der Waals surface area (Å²) in [6.07, 6.45) is 1.97. The van der Waals surface area contributed by atoms with Gasteiger partial charge in [0.25, 0.3) is 0 Å². The Morgan fingerprint density at radius 3 is 2.62 bits per heavy atom. The zero-order valence-electron chi connectivity index (χ0n) is 14.3. The molecule has 0 radical (unpaired) electrons. The standard InChI is InChI=1S/C17H24ClFN4O/c1-4-20-16(21-10-15(24)23(2)3)22-11-17(7-8-17)13-6-5-12(19)9-14(13)18/h5-6,9H,4,7-8,10-11H2,1-3H3,(H2,20,21,22). The van der Waals surface area contributed by atoms with Crippen molar-refractivity contribution in [3.8, 4) is 0 Å². The normalized spacial score (nSPS) is 15.8. The molecule has 0 aliphatic heterocycles. The number of carbonyl (C=O) groups excluding carboxylic acids is 1. The van der Waals surface area contributed by atoms with Gasteiger partial charge < -0.3 is 15.5 Å². The van der Waals surface area contributed by atoms with E-state index in [-0.39, 0.29) is 23.7 Å². The number of carbonyl (C=O) groups is 1. The molecule has 1 fully saturated rings. The van der Waals surface area contributed by atoms with Gasteiger partial charge in [0.15, 0.2) is 5.96 Å². The highest BCUT2D eigenvalue weighted by atomic mass is 35.5. The highest BCUT2D eigenvalue weighted by molar-refractivity contribution is 6.31. The summed E-state index contributed by atoms with van der Waals surface area (Å²) < 4.78 is 13.2. The summed E-state index contributed by atoms with van der Waals surface area (Å²) in [7, 11) is 3.40. The van der Waals surface area contributed by atoms with Crippen molar-refractivity contribution in [1.29, 1.82) is 0 Å². The molecule has 0 aromatic heterocycles. The predicted molar refractivity (Wildman–Crippen MR) is 95.0 cm³/mol. The number of rotatable bonds is 6. The molecule has 1 saturated carbocycles. The van der Waals surface area contributed by atoms with Crippen molar-refractivity contribution in [2.75, 3.05) is 33.7 Å². The van der Waals surface area contributed by atoms with Gasteiger partial charge in [0.2, 0.25) is 5.91 Å². The van der Waals surface area contributed by atoms with Crippen LogP contribution >= 0.6 is 11.6 Å². The Balaban J connectivity index is 2.03. The van der Waals surface area contributed by atoms with Crippen molar-refractivity contribution in [2.24, 2.45) is 4.99 Å². The molecule has 0 heterocycles. The first-order valence-corrected chi connectivity index (χ1v) is 8.43. The number of aliphatic imine (C=N–C) groups is 1. The fraction of sp³-hybridized carbons (Fsp3) is 0.529. The molecule has 1 aromatic carbocycles. The quantitative estimate of drug-likeness (QED) is 0.608. The molecule has 24 heavy (non-hydrogen) atoms. The molecule has 0 bridgehead atoms. The molecular weight excluding hydrogens is 331 g/mol. The molecule has 1 amide bonds. The first kappa shape index (κ1) is 18.5. The van der Waals surface area contributed by atoms with E-state index >= 15 is 0 Å². The van der Waals surface area contributed by atoms with E-state index in [1.54, 1.807) is 20.2 Å². The molecule has 2 N–H and O–H groups in total. The topological polar surface area (TPSA) is 56.7 Å². The number of nitrogens with one attached hydrogen (secondary N) is 2. The van der Waals surface area contributed by atoms with Gasteiger partial charge in [-0.25, -0.2) is 9.38 Å². The number of nitrogens with zero attached hydrogens (tertiary/aromatic N) is 2. The summed E-state index contributed by atoms with van der Waals surface area (Å²) in [5.41, 5.74) is 0.866. The van der Waals surface area contributed by atoms with Crippen molar-refractivity contribution in [3.05, 3.63) is 34.6 Å². The van der Waals surface area contributed by atoms with Crippen LogP contribution in [0.2, 0.25) is 5.02 Å². The molecule has 5 nitrogen and oxygen atoms in total. The van der Waals surface area contributed by atoms with Crippen molar-refractivity contribution < 1.29 is 9.18 Å². The van der Waals surface area contributed by atoms with E-state index in [1.807, 2.05) is 6.92 Å². The number of hydrogen-bond donors (Lipinski definition) is 2. The third-order valence-electron chi connectivity index (χ3n) is 4.17. The molecule has 0 spiro atoms. The van der Waals surface area contributed by atoms with E-state index in [9.17, 15) is 9.18 Å². The van der Waals surface area contributed by atoms with Crippen LogP contribution in [0.15, 0.2) is 23.2 Å². The van der Waals surface area contributed by atoms with E-state index in [1.165, 1.54) is 17.0 Å². The Hall–Kier alpha value is -1.82. The first-order chi connectivity index (χ1) is 11.4. The maximum atomic E-state index is 13.2. The summed E-state index contributed by atoms with van der Waals surface area (Å²) in [5, 5.41) is 6.86. The van der Waals surface area contributed by atoms with Crippen LogP contribution < -0.4 is 10.6 Å². The minimum Gasteiger partial charge on any atom is -0.357 e. The zero-order valence-corrected chi connectivity index (χ0v) is 15.1. The van der Waals surface area contributed by atoms with E-state index in [4.69, 9.17) is 11.6 Å². The fourth-order valence-electron chi connectivity index (χ4n) is 2.49. The molecule has 1 aliphatic rings. The first-order valence-electron chi connectivity index (χ1n) is 8.06. The van der Waals surface area contributed by atoms with Crippen LogP contribution in [-0.4, -0.2) is 50.5 Å². The molecular formula is C17H24ClFN4O. The molecule has 0 atom stereocenters. The minimum atomic E-state index is -0.329. The Bertz CT molecular complexity index is 629. The van der Waals surface area contributed by atoms with Crippen LogP contribution in [0.5, 0.6) is 0 Å². The second-order valence-corrected chi connectivity index (χ2v) is 6.65. The highest BCUT2D eigenvalue weighted by Gasteiger charge is 2.45. The Morgan fingerprint density at radius 2 is 2.08 bits per heavy atom. The van der Waals surface area contributed by atoms with Crippen LogP contribution in [0, 0.1) is 5.82 Å². The van der Waals surface area contributed by atoms with Gasteiger partial charge >= 0.3 is 0 Å². The third-order valence-corrected chi connectivity index (χ3v) is 4.48. The van der Waals surface area contributed by atoms with Crippen molar-refractivity contribution in [3.63, 3.8) is 0 Å². The summed E-state index contributed by atoms with van der Waals surface area (Å²) in [4.78, 5) is 17.5. The van der Waals surface area contributed by atoms with Gasteiger partial charge in [-0.1, -0.05) is 17.7 Å². The average molecular weight is 355 g/mol. The van der Waals surface area contributed by atoms with Crippen LogP contribution in [0.4, 0.5) is 4.39 Å². The number of amides is 1. The van der Waals surface area contributed by atoms with Crippen molar-refractivity contribution >= 4 is 23.5 Å². The predicted octanol–water partition coefficient (Wildman–Crippen LogP) is 2.15. The molecule has 2 rings (SSSR count). The van der Waals surface area contributed by atoms with Crippen LogP contribution in [-0.2, 0) is 10.2 Å². The summed E-state index contributed by atoms with van der Waals surface area (Å²) in [6.45, 7) is 3.40. The highest BCUT2D eigenvalue weighted by Crippen LogP contribution is 2.50. The maximum Gasteiger partial charge on any atom is 0.243 e. The summed E-state index contributed by atoms with van der Waals surface area (Å²) in [6, 6.07) is 4.55. The second-order valence-electron chi connectivity index (χ2n) is 6.24. The molecule has 132 valence electrons. The number of hydrogen-bond acceptors (Lipinski definition) is 2. The molecule has 0 unspecified atom stereocenters. The Morgan fingerprint density at radius 1 is 1.38 bits per heavy atom. The second kappa shape index (κ2) is 7.83. The van der Waals surface area contributed by atoms with Gasteiger partial charge in [0.05, 0.1) is 0 Å². The van der Waals surface area contributed by atoms with Gasteiger partial charge in [-0.15, -0.1) is 0 Å². The summed E-state index contributed by atoms with van der Waals surface area (Å²) in [5.74, 6) is 0.205. The van der Waals surface area contributed by atoms with Gasteiger partial charge in [-0.3, -0.25) is 4.79 Å². The number of guanidine groups is 1. The zero-order chi connectivity index (χ0) is 17.7. The Kier molecular flexibility index (Phi) is 6.04. The average Bonchev–Trinajstić information content (AvgIpc) is 3.30. The van der Waals surface area contributed by atoms with Gasteiger partial charge in [-0.2, -0.15) is 0 Å². The van der Waals surface area contributed by atoms with E-state index in [0.29, 0.717) is 24.1 Å². The van der Waals surface area contributed by atoms with E-state index in [2.05, 4.69) is 15.6 Å². The van der Waals surface area contributed by atoms with Gasteiger partial charge in [0.1, 0.15) is 12.4 Å². The smallest absolute Gasteiger partial charge is 0.243 e. The molecule has 1 aromatic rings. The monoisotopic (exact) mass is 354 g/mol. The van der Waals surface area contributed by atoms with Crippen molar-refractivity contribution in [2.45, 2.75) is 25.2 Å². The lowest BCUT2D eigenvalue weighted by molar-refractivity contribution is -0.127. The summed E-state index contributed by atoms with van der Waals surface area (Å²) >= 11 is 6.20. The fourth-order valence-corrected chi connectivity index (χ4v) is 2.86. The number of likely N-dealkylation sites (N-methyl/N-ethyl adjacent to an activating group) is 1. The Labute approximate surface area is 147 Å². The van der Waals surface area contributed by atoms with E-state index in [0.717, 1.165) is 18.4 Å². The van der Waals surface area contributed by atoms with E-state index < -0.39 is 0 Å². The minimum absolute atomic E-state index is 0.0603. The largest absolute Gasteiger partial charge is 0.357 e. The lowest BCUT2D eigenvalue weighted by atomic mass is 9.96. The maximum absolute atomic E-state index is 13.2. The molecule has 7 heteroatoms. The van der Waals surface area contributed by atoms with Crippen LogP contribution in [0.3, 0.4) is 0 Å². The van der Waals surface area contributed by atoms with Crippen LogP contribution in [0.25, 0.3) is 0 Å². The van der Waals surface area contributed by atoms with Gasteiger partial charge in [0, 0.05) is 37.6 Å². The number of halogens is 2. The van der Waals surface area contributed by atoms with Crippen LogP contribution in [0.1, 0.15) is 25.3 Å². The third kappa shape index (κ3) is 4.60. The number of benzene rings is 1. The SMILES string of the molecule is CCNC(=NCC(=O)N(C)C)NCC1(c2ccc(F)cc2Cl)CC1. The van der Waals surface area contributed by atoms with Gasteiger partial charge in [-0.05, 0) is 37.5 Å². The lowest BCUT2D eigenvalue weighted by Crippen LogP contribution is -2.42. The van der Waals surface area contributed by atoms with Crippen molar-refractivity contribution in [1.82, 2.24) is 15.5 Å².